The number of phenolic OH excluding ortho intramolecular Hbond substituents is 1. The summed E-state index contributed by atoms with van der Waals surface area (Å²) in [5.41, 5.74) is 0.681. The van der Waals surface area contributed by atoms with Crippen molar-refractivity contribution in [3.63, 3.8) is 0 Å². The van der Waals surface area contributed by atoms with Gasteiger partial charge in [0.25, 0.3) is 5.91 Å². The molecule has 0 aromatic heterocycles. The Balaban J connectivity index is 2.03. The molecule has 1 aliphatic heterocycles. The summed E-state index contributed by atoms with van der Waals surface area (Å²) in [6.45, 7) is 9.81. The Bertz CT molecular complexity index is 503. The van der Waals surface area contributed by atoms with Crippen molar-refractivity contribution in [1.82, 2.24) is 9.80 Å². The van der Waals surface area contributed by atoms with Crippen LogP contribution in [0.2, 0.25) is 0 Å². The zero-order chi connectivity index (χ0) is 14.9. The van der Waals surface area contributed by atoms with E-state index in [1.165, 1.54) is 6.07 Å². The van der Waals surface area contributed by atoms with Gasteiger partial charge in [-0.05, 0) is 54.9 Å². The first-order valence-corrected chi connectivity index (χ1v) is 7.61. The molecule has 110 valence electrons. The van der Waals surface area contributed by atoms with Crippen LogP contribution < -0.4 is 0 Å². The summed E-state index contributed by atoms with van der Waals surface area (Å²) in [7, 11) is 0. The summed E-state index contributed by atoms with van der Waals surface area (Å²) in [6.07, 6.45) is 0. The number of amides is 1. The van der Waals surface area contributed by atoms with Crippen molar-refractivity contribution in [2.45, 2.75) is 26.3 Å². The summed E-state index contributed by atoms with van der Waals surface area (Å²) in [5, 5.41) is 9.67. The van der Waals surface area contributed by atoms with Crippen LogP contribution in [0.5, 0.6) is 5.75 Å². The second-order valence-corrected chi connectivity index (χ2v) is 6.97. The summed E-state index contributed by atoms with van der Waals surface area (Å²) < 4.78 is 0.603. The molecular formula is C15H21BrN2O2. The van der Waals surface area contributed by atoms with Crippen LogP contribution in [0.1, 0.15) is 31.1 Å². The smallest absolute Gasteiger partial charge is 0.254 e. The lowest BCUT2D eigenvalue weighted by molar-refractivity contribution is 0.0451. The molecule has 0 aliphatic carbocycles. The van der Waals surface area contributed by atoms with Crippen LogP contribution in [0.3, 0.4) is 0 Å². The molecule has 0 radical (unpaired) electrons. The van der Waals surface area contributed by atoms with E-state index in [4.69, 9.17) is 0 Å². The molecule has 1 heterocycles. The van der Waals surface area contributed by atoms with Crippen molar-refractivity contribution in [3.05, 3.63) is 28.2 Å². The van der Waals surface area contributed by atoms with E-state index in [1.807, 2.05) is 4.90 Å². The average Bonchev–Trinajstić information content (AvgIpc) is 2.40. The molecule has 5 heteroatoms. The predicted molar refractivity (Wildman–Crippen MR) is 83.0 cm³/mol. The molecule has 1 aromatic rings. The Morgan fingerprint density at radius 3 is 2.30 bits per heavy atom. The minimum absolute atomic E-state index is 0.0126. The molecule has 1 fully saturated rings. The molecule has 1 aliphatic rings. The zero-order valence-corrected chi connectivity index (χ0v) is 13.8. The summed E-state index contributed by atoms with van der Waals surface area (Å²) in [5.74, 6) is 0.0885. The van der Waals surface area contributed by atoms with Crippen LogP contribution in [0, 0.1) is 0 Å². The van der Waals surface area contributed by atoms with E-state index < -0.39 is 0 Å². The van der Waals surface area contributed by atoms with E-state index in [0.717, 1.165) is 26.2 Å². The third kappa shape index (κ3) is 3.33. The summed E-state index contributed by atoms with van der Waals surface area (Å²) >= 11 is 3.22. The van der Waals surface area contributed by atoms with Crippen LogP contribution in [0.25, 0.3) is 0 Å². The molecule has 0 unspecified atom stereocenters. The van der Waals surface area contributed by atoms with Crippen molar-refractivity contribution in [3.8, 4) is 5.75 Å². The predicted octanol–water partition coefficient (Wildman–Crippen LogP) is 2.71. The minimum atomic E-state index is -0.0126. The van der Waals surface area contributed by atoms with E-state index in [9.17, 15) is 9.90 Å². The van der Waals surface area contributed by atoms with E-state index >= 15 is 0 Å². The van der Waals surface area contributed by atoms with E-state index in [0.29, 0.717) is 10.0 Å². The fourth-order valence-electron chi connectivity index (χ4n) is 2.41. The second-order valence-electron chi connectivity index (χ2n) is 6.12. The Morgan fingerprint density at radius 2 is 1.80 bits per heavy atom. The molecule has 1 N–H and O–H groups in total. The molecule has 4 nitrogen and oxygen atoms in total. The van der Waals surface area contributed by atoms with Gasteiger partial charge < -0.3 is 10.0 Å². The van der Waals surface area contributed by atoms with Gasteiger partial charge >= 0.3 is 0 Å². The Morgan fingerprint density at radius 1 is 1.20 bits per heavy atom. The number of halogens is 1. The highest BCUT2D eigenvalue weighted by Crippen LogP contribution is 2.25. The maximum atomic E-state index is 12.4. The van der Waals surface area contributed by atoms with E-state index in [-0.39, 0.29) is 17.2 Å². The third-order valence-electron chi connectivity index (χ3n) is 3.71. The first-order chi connectivity index (χ1) is 9.29. The lowest BCUT2D eigenvalue weighted by Gasteiger charge is -2.42. The maximum absolute atomic E-state index is 12.4. The zero-order valence-electron chi connectivity index (χ0n) is 12.2. The van der Waals surface area contributed by atoms with Crippen molar-refractivity contribution < 1.29 is 9.90 Å². The molecular weight excluding hydrogens is 320 g/mol. The molecule has 1 amide bonds. The van der Waals surface area contributed by atoms with Gasteiger partial charge in [-0.15, -0.1) is 0 Å². The lowest BCUT2D eigenvalue weighted by atomic mass is 10.0. The van der Waals surface area contributed by atoms with Crippen LogP contribution in [0.15, 0.2) is 22.7 Å². The number of nitrogens with zero attached hydrogens (tertiary/aromatic N) is 2. The molecule has 0 bridgehead atoms. The SMILES string of the molecule is CC(C)(C)N1CCN(C(=O)c2ccc(Br)c(O)c2)CC1. The van der Waals surface area contributed by atoms with Crippen molar-refractivity contribution in [1.29, 1.82) is 0 Å². The highest BCUT2D eigenvalue weighted by molar-refractivity contribution is 9.10. The largest absolute Gasteiger partial charge is 0.507 e. The normalized spacial score (nSPS) is 17.3. The fraction of sp³-hybridized carbons (Fsp3) is 0.533. The number of carbonyl (C=O) groups is 1. The molecule has 0 spiro atoms. The van der Waals surface area contributed by atoms with Crippen LogP contribution in [0.4, 0.5) is 0 Å². The van der Waals surface area contributed by atoms with Crippen molar-refractivity contribution in [2.75, 3.05) is 26.2 Å². The van der Waals surface area contributed by atoms with E-state index in [2.05, 4.69) is 41.6 Å². The quantitative estimate of drug-likeness (QED) is 0.854. The Kier molecular flexibility index (Phi) is 4.39. The monoisotopic (exact) mass is 340 g/mol. The van der Waals surface area contributed by atoms with Gasteiger partial charge in [-0.3, -0.25) is 9.69 Å². The minimum Gasteiger partial charge on any atom is -0.507 e. The fourth-order valence-corrected chi connectivity index (χ4v) is 2.66. The first-order valence-electron chi connectivity index (χ1n) is 6.82. The lowest BCUT2D eigenvalue weighted by Crippen LogP contribution is -2.54. The van der Waals surface area contributed by atoms with Crippen LogP contribution in [-0.4, -0.2) is 52.5 Å². The van der Waals surface area contributed by atoms with Gasteiger partial charge in [0.1, 0.15) is 5.75 Å². The third-order valence-corrected chi connectivity index (χ3v) is 4.38. The standard InChI is InChI=1S/C15H21BrN2O2/c1-15(2,3)18-8-6-17(7-9-18)14(20)11-4-5-12(16)13(19)10-11/h4-5,10,19H,6-9H2,1-3H3. The van der Waals surface area contributed by atoms with E-state index in [1.54, 1.807) is 12.1 Å². The highest BCUT2D eigenvalue weighted by Gasteiger charge is 2.28. The summed E-state index contributed by atoms with van der Waals surface area (Å²) in [6, 6.07) is 4.96. The highest BCUT2D eigenvalue weighted by atomic mass is 79.9. The Labute approximate surface area is 128 Å². The van der Waals surface area contributed by atoms with Gasteiger partial charge in [-0.1, -0.05) is 0 Å². The van der Waals surface area contributed by atoms with Crippen LogP contribution in [-0.2, 0) is 0 Å². The van der Waals surface area contributed by atoms with Crippen molar-refractivity contribution >= 4 is 21.8 Å². The first kappa shape index (κ1) is 15.3. The molecule has 1 aromatic carbocycles. The molecule has 0 atom stereocenters. The van der Waals surface area contributed by atoms with Crippen molar-refractivity contribution in [2.24, 2.45) is 0 Å². The molecule has 2 rings (SSSR count). The van der Waals surface area contributed by atoms with Gasteiger partial charge in [-0.25, -0.2) is 0 Å². The average molecular weight is 341 g/mol. The number of rotatable bonds is 1. The molecule has 1 saturated heterocycles. The van der Waals surface area contributed by atoms with Gasteiger partial charge in [0.05, 0.1) is 4.47 Å². The second kappa shape index (κ2) is 5.74. The molecule has 20 heavy (non-hydrogen) atoms. The number of benzene rings is 1. The Hall–Kier alpha value is -1.07. The number of aromatic hydroxyl groups is 1. The molecule has 0 saturated carbocycles. The van der Waals surface area contributed by atoms with Gasteiger partial charge in [0, 0.05) is 37.3 Å². The number of hydrogen-bond acceptors (Lipinski definition) is 3. The van der Waals surface area contributed by atoms with Crippen LogP contribution >= 0.6 is 15.9 Å². The number of piperazine rings is 1. The van der Waals surface area contributed by atoms with Gasteiger partial charge in [-0.2, -0.15) is 0 Å². The number of phenols is 1. The van der Waals surface area contributed by atoms with Gasteiger partial charge in [0.2, 0.25) is 0 Å². The summed E-state index contributed by atoms with van der Waals surface area (Å²) in [4.78, 5) is 16.6. The number of carbonyl (C=O) groups excluding carboxylic acids is 1. The number of hydrogen-bond donors (Lipinski definition) is 1. The van der Waals surface area contributed by atoms with Gasteiger partial charge in [0.15, 0.2) is 0 Å². The topological polar surface area (TPSA) is 43.8 Å². The maximum Gasteiger partial charge on any atom is 0.254 e.